The van der Waals surface area contributed by atoms with Gasteiger partial charge in [-0.2, -0.15) is 27.2 Å². The first kappa shape index (κ1) is 23.1. The van der Waals surface area contributed by atoms with Crippen molar-refractivity contribution in [1.82, 2.24) is 30.6 Å². The molecule has 0 unspecified atom stereocenters. The number of hydrogen-bond donors (Lipinski definition) is 5. The van der Waals surface area contributed by atoms with Crippen LogP contribution in [0.15, 0.2) is 28.0 Å². The molecule has 2 aliphatic heterocycles. The summed E-state index contributed by atoms with van der Waals surface area (Å²) < 4.78 is 0. The molecule has 2 atom stereocenters. The second-order valence-corrected chi connectivity index (χ2v) is 10.0. The number of carboxylic acid groups (broad SMARTS) is 1. The molecule has 2 aromatic rings. The standard InChI is InChI=1S/C17H18N8O5S3/c18-17-20-9(6-33-17)10(23-30)13(26)21-11-14(27)25-12(16(28)29)7(4-32-15(11)25)1-2-31-5-8-3-19-24-22-8/h3,6,11,15,30H,1-2,4-5H2,(H2,18,20)(H,21,26)(H,28,29)(H,19,22,24)/b23-10-/t11-,15-/m1/s1. The smallest absolute Gasteiger partial charge is 0.352 e. The molecule has 0 aliphatic carbocycles. The van der Waals surface area contributed by atoms with E-state index < -0.39 is 29.2 Å². The summed E-state index contributed by atoms with van der Waals surface area (Å²) in [7, 11) is 0. The Morgan fingerprint density at radius 2 is 2.27 bits per heavy atom. The van der Waals surface area contributed by atoms with E-state index in [1.165, 1.54) is 22.0 Å². The Morgan fingerprint density at radius 3 is 2.91 bits per heavy atom. The fraction of sp³-hybridized carbons (Fsp3) is 0.353. The first-order chi connectivity index (χ1) is 15.9. The number of carbonyl (C=O) groups is 3. The number of carboxylic acids is 1. The number of nitrogens with zero attached hydrogens (tertiary/aromatic N) is 5. The number of β-lactam (4-membered cyclic amide) rings is 1. The lowest BCUT2D eigenvalue weighted by molar-refractivity contribution is -0.150. The summed E-state index contributed by atoms with van der Waals surface area (Å²) in [6, 6.07) is -0.951. The van der Waals surface area contributed by atoms with Gasteiger partial charge < -0.3 is 21.4 Å². The van der Waals surface area contributed by atoms with Crippen LogP contribution >= 0.6 is 34.9 Å². The van der Waals surface area contributed by atoms with E-state index in [0.717, 1.165) is 17.0 Å². The van der Waals surface area contributed by atoms with Crippen LogP contribution < -0.4 is 11.1 Å². The number of hydrogen-bond acceptors (Lipinski definition) is 12. The molecule has 0 spiro atoms. The van der Waals surface area contributed by atoms with Crippen molar-refractivity contribution in [1.29, 1.82) is 0 Å². The minimum absolute atomic E-state index is 0.0420. The highest BCUT2D eigenvalue weighted by Gasteiger charge is 2.54. The van der Waals surface area contributed by atoms with Crippen molar-refractivity contribution >= 4 is 63.5 Å². The third kappa shape index (κ3) is 4.67. The van der Waals surface area contributed by atoms with Crippen LogP contribution in [-0.4, -0.2) is 82.0 Å². The number of fused-ring (bicyclic) bond motifs is 1. The predicted molar refractivity (Wildman–Crippen MR) is 122 cm³/mol. The van der Waals surface area contributed by atoms with Gasteiger partial charge in [-0.05, 0) is 17.7 Å². The van der Waals surface area contributed by atoms with E-state index in [4.69, 9.17) is 5.73 Å². The van der Waals surface area contributed by atoms with Crippen molar-refractivity contribution in [2.75, 3.05) is 17.2 Å². The number of aliphatic carboxylic acids is 1. The molecule has 0 saturated carbocycles. The number of rotatable bonds is 9. The van der Waals surface area contributed by atoms with Gasteiger partial charge in [-0.1, -0.05) is 5.16 Å². The van der Waals surface area contributed by atoms with E-state index in [1.54, 1.807) is 18.0 Å². The molecule has 1 saturated heterocycles. The summed E-state index contributed by atoms with van der Waals surface area (Å²) in [5.74, 6) is -0.836. The topological polar surface area (TPSA) is 200 Å². The number of thioether (sulfide) groups is 2. The van der Waals surface area contributed by atoms with Gasteiger partial charge in [-0.3, -0.25) is 14.5 Å². The van der Waals surface area contributed by atoms with Crippen LogP contribution in [0.1, 0.15) is 17.8 Å². The van der Waals surface area contributed by atoms with Gasteiger partial charge in [0.15, 0.2) is 10.8 Å². The van der Waals surface area contributed by atoms with Gasteiger partial charge in [-0.25, -0.2) is 9.78 Å². The molecule has 2 aromatic heterocycles. The second-order valence-electron chi connectivity index (χ2n) is 6.90. The van der Waals surface area contributed by atoms with Crippen molar-refractivity contribution in [3.05, 3.63) is 34.2 Å². The number of oxime groups is 1. The van der Waals surface area contributed by atoms with Crippen LogP contribution in [0.2, 0.25) is 0 Å². The molecule has 2 aliphatic rings. The predicted octanol–water partition coefficient (Wildman–Crippen LogP) is 0.0838. The summed E-state index contributed by atoms with van der Waals surface area (Å²) >= 11 is 4.02. The van der Waals surface area contributed by atoms with E-state index in [0.29, 0.717) is 29.3 Å². The van der Waals surface area contributed by atoms with Gasteiger partial charge >= 0.3 is 5.97 Å². The lowest BCUT2D eigenvalue weighted by Crippen LogP contribution is -2.71. The molecule has 33 heavy (non-hydrogen) atoms. The monoisotopic (exact) mass is 510 g/mol. The first-order valence-corrected chi connectivity index (χ1v) is 12.6. The van der Waals surface area contributed by atoms with Crippen LogP contribution in [0.4, 0.5) is 5.13 Å². The van der Waals surface area contributed by atoms with Gasteiger partial charge in [0.1, 0.15) is 22.8 Å². The van der Waals surface area contributed by atoms with Crippen molar-refractivity contribution in [2.24, 2.45) is 5.16 Å². The van der Waals surface area contributed by atoms with Gasteiger partial charge in [0.05, 0.1) is 11.9 Å². The van der Waals surface area contributed by atoms with Crippen LogP contribution in [0.5, 0.6) is 0 Å². The number of carbonyl (C=O) groups excluding carboxylic acids is 2. The lowest BCUT2D eigenvalue weighted by Gasteiger charge is -2.49. The number of amides is 2. The van der Waals surface area contributed by atoms with Crippen LogP contribution in [-0.2, 0) is 20.1 Å². The zero-order valence-electron chi connectivity index (χ0n) is 16.8. The minimum Gasteiger partial charge on any atom is -0.477 e. The number of thiazole rings is 1. The summed E-state index contributed by atoms with van der Waals surface area (Å²) in [6.07, 6.45) is 2.12. The SMILES string of the molecule is Nc1nc(/C(=N/O)C(=O)N[C@@H]2C(=O)N3C(C(=O)O)=C(CCSCc4cn[nH]n4)CS[C@H]23)cs1. The van der Waals surface area contributed by atoms with Crippen molar-refractivity contribution in [2.45, 2.75) is 23.6 Å². The van der Waals surface area contributed by atoms with Gasteiger partial charge in [0.2, 0.25) is 0 Å². The second kappa shape index (κ2) is 9.80. The molecular weight excluding hydrogens is 492 g/mol. The van der Waals surface area contributed by atoms with Crippen LogP contribution in [0, 0.1) is 0 Å². The molecule has 1 fully saturated rings. The molecule has 16 heteroatoms. The molecule has 2 amide bonds. The van der Waals surface area contributed by atoms with E-state index in [9.17, 15) is 24.7 Å². The summed E-state index contributed by atoms with van der Waals surface area (Å²) in [4.78, 5) is 42.4. The molecular formula is C17H18N8O5S3. The number of anilines is 1. The zero-order chi connectivity index (χ0) is 23.5. The average Bonchev–Trinajstić information content (AvgIpc) is 3.46. The number of aromatic nitrogens is 4. The minimum atomic E-state index is -1.19. The highest BCUT2D eigenvalue weighted by Crippen LogP contribution is 2.41. The third-order valence-corrected chi connectivity index (χ3v) is 7.89. The maximum absolute atomic E-state index is 12.8. The Hall–Kier alpha value is -3.11. The largest absolute Gasteiger partial charge is 0.477 e. The maximum atomic E-state index is 12.8. The summed E-state index contributed by atoms with van der Waals surface area (Å²) in [6.45, 7) is 0. The van der Waals surface area contributed by atoms with E-state index in [2.05, 4.69) is 30.9 Å². The Kier molecular flexibility index (Phi) is 6.85. The fourth-order valence-electron chi connectivity index (χ4n) is 3.36. The van der Waals surface area contributed by atoms with Gasteiger partial charge in [-0.15, -0.1) is 23.1 Å². The summed E-state index contributed by atoms with van der Waals surface area (Å²) in [5, 5.41) is 35.8. The van der Waals surface area contributed by atoms with E-state index in [-0.39, 0.29) is 22.2 Å². The molecule has 4 heterocycles. The zero-order valence-corrected chi connectivity index (χ0v) is 19.2. The summed E-state index contributed by atoms with van der Waals surface area (Å²) in [5.41, 5.74) is 6.66. The Labute approximate surface area is 198 Å². The van der Waals surface area contributed by atoms with Crippen LogP contribution in [0.25, 0.3) is 0 Å². The first-order valence-electron chi connectivity index (χ1n) is 9.47. The Balaban J connectivity index is 1.40. The third-order valence-electron chi connectivity index (χ3n) is 4.88. The number of aromatic amines is 1. The molecule has 6 N–H and O–H groups in total. The number of nitrogen functional groups attached to an aromatic ring is 1. The molecule has 13 nitrogen and oxygen atoms in total. The molecule has 174 valence electrons. The quantitative estimate of drug-likeness (QED) is 0.101. The average molecular weight is 511 g/mol. The Morgan fingerprint density at radius 1 is 1.45 bits per heavy atom. The Bertz CT molecular complexity index is 1130. The van der Waals surface area contributed by atoms with E-state index >= 15 is 0 Å². The molecule has 4 rings (SSSR count). The van der Waals surface area contributed by atoms with Crippen molar-refractivity contribution < 1.29 is 24.7 Å². The molecule has 0 bridgehead atoms. The molecule has 0 aromatic carbocycles. The maximum Gasteiger partial charge on any atom is 0.352 e. The lowest BCUT2D eigenvalue weighted by atomic mass is 10.0. The normalized spacial score (nSPS) is 20.4. The van der Waals surface area contributed by atoms with E-state index in [1.807, 2.05) is 0 Å². The van der Waals surface area contributed by atoms with Gasteiger partial charge in [0, 0.05) is 16.9 Å². The van der Waals surface area contributed by atoms with Crippen molar-refractivity contribution in [3.8, 4) is 0 Å². The highest BCUT2D eigenvalue weighted by atomic mass is 32.2. The highest BCUT2D eigenvalue weighted by molar-refractivity contribution is 8.00. The van der Waals surface area contributed by atoms with Crippen LogP contribution in [0.3, 0.4) is 0 Å². The fourth-order valence-corrected chi connectivity index (χ4v) is 6.18. The van der Waals surface area contributed by atoms with Gasteiger partial charge in [0.25, 0.3) is 11.8 Å². The van der Waals surface area contributed by atoms with Crippen molar-refractivity contribution in [3.63, 3.8) is 0 Å². The molecule has 0 radical (unpaired) electrons. The number of H-pyrrole nitrogens is 1. The number of nitrogens with one attached hydrogen (secondary N) is 2. The number of nitrogens with two attached hydrogens (primary N) is 1.